The van der Waals surface area contributed by atoms with Gasteiger partial charge in [0.1, 0.15) is 6.10 Å². The van der Waals surface area contributed by atoms with E-state index in [1.807, 2.05) is 98.7 Å². The minimum atomic E-state index is -4.64. The molecule has 1 saturated heterocycles. The topological polar surface area (TPSA) is 78.0 Å². The second kappa shape index (κ2) is 14.8. The number of likely N-dealkylation sites (tertiary alicyclic amines) is 1. The zero-order valence-electron chi connectivity index (χ0n) is 27.6. The summed E-state index contributed by atoms with van der Waals surface area (Å²) in [5, 5.41) is 2.68. The molecule has 1 aliphatic rings. The molecule has 1 N–H and O–H groups in total. The number of halogens is 3. The molecule has 0 radical (unpaired) electrons. The van der Waals surface area contributed by atoms with Gasteiger partial charge in [0, 0.05) is 89.7 Å². The van der Waals surface area contributed by atoms with Gasteiger partial charge in [0.2, 0.25) is 11.8 Å². The molecule has 1 aromatic heterocycles. The Labute approximate surface area is 279 Å². The molecule has 2 amide bonds. The van der Waals surface area contributed by atoms with Crippen LogP contribution in [-0.4, -0.2) is 69.1 Å². The highest BCUT2D eigenvalue weighted by molar-refractivity contribution is 6.04. The maximum Gasteiger partial charge on any atom is 0.416 e. The lowest BCUT2D eigenvalue weighted by molar-refractivity contribution is -0.137. The van der Waals surface area contributed by atoms with E-state index in [1.165, 1.54) is 4.90 Å². The predicted octanol–water partition coefficient (Wildman–Crippen LogP) is 7.15. The Bertz CT molecular complexity index is 1700. The molecule has 1 aliphatic heterocycles. The molecule has 5 rings (SSSR count). The van der Waals surface area contributed by atoms with Crippen LogP contribution >= 0.6 is 0 Å². The summed E-state index contributed by atoms with van der Waals surface area (Å²) in [5.74, 6) is -0.501. The molecule has 0 saturated carbocycles. The van der Waals surface area contributed by atoms with Gasteiger partial charge in [-0.3, -0.25) is 9.59 Å². The van der Waals surface area contributed by atoms with Crippen molar-refractivity contribution in [1.82, 2.24) is 9.88 Å². The molecule has 1 fully saturated rings. The Morgan fingerprint density at radius 3 is 2.02 bits per heavy atom. The summed E-state index contributed by atoms with van der Waals surface area (Å²) < 4.78 is 47.0. The number of carbonyl (C=O) groups is 2. The van der Waals surface area contributed by atoms with E-state index in [4.69, 9.17) is 4.74 Å². The number of alkyl halides is 3. The van der Waals surface area contributed by atoms with Crippen LogP contribution in [0.3, 0.4) is 0 Å². The van der Waals surface area contributed by atoms with Crippen LogP contribution in [0.15, 0.2) is 85.1 Å². The number of hydrogen-bond acceptors (Lipinski definition) is 6. The summed E-state index contributed by atoms with van der Waals surface area (Å²) in [6, 6.07) is 22.5. The van der Waals surface area contributed by atoms with Gasteiger partial charge in [-0.15, -0.1) is 0 Å². The largest absolute Gasteiger partial charge is 0.474 e. The first-order chi connectivity index (χ1) is 22.9. The van der Waals surface area contributed by atoms with Gasteiger partial charge in [-0.1, -0.05) is 24.3 Å². The fourth-order valence-electron chi connectivity index (χ4n) is 5.53. The SMILES string of the molecule is CN(C)c1ccc(CCC(=O)Nc2ccc(C(F)(F)F)cc2C(=O)N2CCC(Oc3ccc(-c4ccc(N(C)C)cc4)cn3)CC2)cc1. The van der Waals surface area contributed by atoms with Crippen LogP contribution < -0.4 is 19.9 Å². The zero-order valence-corrected chi connectivity index (χ0v) is 27.6. The monoisotopic (exact) mass is 659 g/mol. The zero-order chi connectivity index (χ0) is 34.4. The molecule has 0 atom stereocenters. The minimum absolute atomic E-state index is 0.0555. The van der Waals surface area contributed by atoms with Crippen molar-refractivity contribution in [3.8, 4) is 17.0 Å². The lowest BCUT2D eigenvalue weighted by Crippen LogP contribution is -2.42. The van der Waals surface area contributed by atoms with E-state index in [1.54, 1.807) is 6.20 Å². The first kappa shape index (κ1) is 34.3. The van der Waals surface area contributed by atoms with E-state index in [0.29, 0.717) is 25.1 Å². The average Bonchev–Trinajstić information content (AvgIpc) is 3.07. The van der Waals surface area contributed by atoms with Crippen LogP contribution in [0.5, 0.6) is 5.88 Å². The van der Waals surface area contributed by atoms with Crippen molar-refractivity contribution in [2.24, 2.45) is 0 Å². The number of aryl methyl sites for hydroxylation is 1. The van der Waals surface area contributed by atoms with Crippen LogP contribution in [0.4, 0.5) is 30.2 Å². The summed E-state index contributed by atoms with van der Waals surface area (Å²) in [7, 11) is 7.85. The van der Waals surface area contributed by atoms with Gasteiger partial charge in [-0.05, 0) is 66.1 Å². The number of nitrogens with one attached hydrogen (secondary N) is 1. The molecule has 252 valence electrons. The third kappa shape index (κ3) is 8.64. The maximum absolute atomic E-state index is 13.6. The number of anilines is 3. The second-order valence-electron chi connectivity index (χ2n) is 12.3. The van der Waals surface area contributed by atoms with Crippen LogP contribution in [0, 0.1) is 0 Å². The van der Waals surface area contributed by atoms with E-state index < -0.39 is 23.6 Å². The summed E-state index contributed by atoms with van der Waals surface area (Å²) >= 11 is 0. The smallest absolute Gasteiger partial charge is 0.416 e. The standard InChI is InChI=1S/C37H40F3N5O3/c1-43(2)29-12-5-25(6-13-29)7-17-34(46)42-33-16-11-28(37(38,39)40)23-32(33)36(47)45-21-19-31(20-22-45)48-35-18-10-27(24-41-35)26-8-14-30(15-9-26)44(3)4/h5-6,8-16,18,23-24,31H,7,17,19-22H2,1-4H3,(H,42,46). The summed E-state index contributed by atoms with van der Waals surface area (Å²) in [6.45, 7) is 0.568. The Balaban J connectivity index is 1.19. The summed E-state index contributed by atoms with van der Waals surface area (Å²) in [4.78, 5) is 36.4. The van der Waals surface area contributed by atoms with Crippen molar-refractivity contribution in [3.63, 3.8) is 0 Å². The van der Waals surface area contributed by atoms with Gasteiger partial charge in [-0.2, -0.15) is 13.2 Å². The maximum atomic E-state index is 13.6. The number of benzene rings is 3. The molecule has 11 heteroatoms. The highest BCUT2D eigenvalue weighted by Crippen LogP contribution is 2.33. The number of pyridine rings is 1. The molecule has 48 heavy (non-hydrogen) atoms. The minimum Gasteiger partial charge on any atom is -0.474 e. The molecule has 2 heterocycles. The number of nitrogens with zero attached hydrogens (tertiary/aromatic N) is 4. The van der Waals surface area contributed by atoms with E-state index in [-0.39, 0.29) is 36.9 Å². The van der Waals surface area contributed by atoms with Crippen molar-refractivity contribution in [3.05, 3.63) is 102 Å². The number of hydrogen-bond donors (Lipinski definition) is 1. The molecular weight excluding hydrogens is 619 g/mol. The van der Waals surface area contributed by atoms with Crippen LogP contribution in [-0.2, 0) is 17.4 Å². The summed E-state index contributed by atoms with van der Waals surface area (Å²) in [6.07, 6.45) is -1.59. The second-order valence-corrected chi connectivity index (χ2v) is 12.3. The number of amides is 2. The fourth-order valence-corrected chi connectivity index (χ4v) is 5.53. The van der Waals surface area contributed by atoms with E-state index in [9.17, 15) is 22.8 Å². The predicted molar refractivity (Wildman–Crippen MR) is 183 cm³/mol. The molecule has 8 nitrogen and oxygen atoms in total. The molecule has 4 aromatic rings. The van der Waals surface area contributed by atoms with Crippen molar-refractivity contribution in [1.29, 1.82) is 0 Å². The lowest BCUT2D eigenvalue weighted by Gasteiger charge is -2.32. The van der Waals surface area contributed by atoms with Crippen molar-refractivity contribution < 1.29 is 27.5 Å². The number of carbonyl (C=O) groups excluding carboxylic acids is 2. The highest BCUT2D eigenvalue weighted by atomic mass is 19.4. The summed E-state index contributed by atoms with van der Waals surface area (Å²) in [5.41, 5.74) is 3.98. The first-order valence-corrected chi connectivity index (χ1v) is 15.8. The van der Waals surface area contributed by atoms with Gasteiger partial charge >= 0.3 is 6.18 Å². The van der Waals surface area contributed by atoms with Gasteiger partial charge in [0.15, 0.2) is 0 Å². The average molecular weight is 660 g/mol. The normalized spacial score (nSPS) is 13.6. The Hall–Kier alpha value is -5.06. The van der Waals surface area contributed by atoms with Gasteiger partial charge in [-0.25, -0.2) is 4.98 Å². The molecule has 0 spiro atoms. The van der Waals surface area contributed by atoms with E-state index in [2.05, 4.69) is 10.3 Å². The van der Waals surface area contributed by atoms with E-state index >= 15 is 0 Å². The Kier molecular flexibility index (Phi) is 10.6. The Morgan fingerprint density at radius 2 is 1.46 bits per heavy atom. The van der Waals surface area contributed by atoms with Gasteiger partial charge in [0.25, 0.3) is 5.91 Å². The van der Waals surface area contributed by atoms with Gasteiger partial charge in [0.05, 0.1) is 16.8 Å². The lowest BCUT2D eigenvalue weighted by atomic mass is 10.0. The number of piperidine rings is 1. The van der Waals surface area contributed by atoms with Crippen LogP contribution in [0.25, 0.3) is 11.1 Å². The van der Waals surface area contributed by atoms with Crippen LogP contribution in [0.2, 0.25) is 0 Å². The van der Waals surface area contributed by atoms with Crippen molar-refractivity contribution >= 4 is 28.9 Å². The molecule has 0 unspecified atom stereocenters. The highest BCUT2D eigenvalue weighted by Gasteiger charge is 2.33. The number of aromatic nitrogens is 1. The number of ether oxygens (including phenoxy) is 1. The van der Waals surface area contributed by atoms with Crippen LogP contribution in [0.1, 0.15) is 40.7 Å². The Morgan fingerprint density at radius 1 is 0.854 bits per heavy atom. The molecule has 0 bridgehead atoms. The number of rotatable bonds is 10. The van der Waals surface area contributed by atoms with Crippen molar-refractivity contribution in [2.45, 2.75) is 38.0 Å². The first-order valence-electron chi connectivity index (χ1n) is 15.8. The van der Waals surface area contributed by atoms with Crippen molar-refractivity contribution in [2.75, 3.05) is 56.4 Å². The van der Waals surface area contributed by atoms with E-state index in [0.717, 1.165) is 46.3 Å². The quantitative estimate of drug-likeness (QED) is 0.195. The molecular formula is C37H40F3N5O3. The third-order valence-corrected chi connectivity index (χ3v) is 8.41. The molecule has 0 aliphatic carbocycles. The third-order valence-electron chi connectivity index (χ3n) is 8.41. The fraction of sp³-hybridized carbons (Fsp3) is 0.324. The molecule has 3 aromatic carbocycles. The van der Waals surface area contributed by atoms with Gasteiger partial charge < -0.3 is 24.8 Å².